The number of benzene rings is 2. The fourth-order valence-electron chi connectivity index (χ4n) is 4.56. The lowest BCUT2D eigenvalue weighted by Gasteiger charge is -2.36. The fourth-order valence-corrected chi connectivity index (χ4v) is 4.81. The van der Waals surface area contributed by atoms with E-state index >= 15 is 0 Å². The second-order valence-electron chi connectivity index (χ2n) is 8.84. The molecule has 0 N–H and O–H groups in total. The van der Waals surface area contributed by atoms with Gasteiger partial charge in [-0.05, 0) is 54.9 Å². The van der Waals surface area contributed by atoms with E-state index in [1.54, 1.807) is 0 Å². The number of hydrogen-bond acceptors (Lipinski definition) is 4. The molecule has 2 heterocycles. The molecule has 2 aliphatic rings. The second-order valence-corrected chi connectivity index (χ2v) is 9.71. The van der Waals surface area contributed by atoms with Crippen LogP contribution in [0.4, 0.5) is 0 Å². The second kappa shape index (κ2) is 18.3. The average molecular weight is 607 g/mol. The van der Waals surface area contributed by atoms with E-state index in [0.717, 1.165) is 49.3 Å². The standard InChI is InChI=1S/C25H34Cl2N4.4ClH/c26-24-6-2-22(3-7-24)20-30-16-12-28(13-17-30)10-1-11-29-14-18-31(19-15-29)21-23-4-8-25(27)9-5-23;;;;/h2-9H,1,10-21H2;4*1H. The minimum atomic E-state index is 0. The highest BCUT2D eigenvalue weighted by Gasteiger charge is 2.19. The van der Waals surface area contributed by atoms with Crippen molar-refractivity contribution in [2.24, 2.45) is 0 Å². The van der Waals surface area contributed by atoms with Crippen LogP contribution in [0, 0.1) is 0 Å². The number of halogens is 6. The van der Waals surface area contributed by atoms with Gasteiger partial charge < -0.3 is 9.80 Å². The topological polar surface area (TPSA) is 13.0 Å². The maximum absolute atomic E-state index is 5.99. The first-order chi connectivity index (χ1) is 15.1. The van der Waals surface area contributed by atoms with E-state index in [2.05, 4.69) is 43.9 Å². The molecule has 0 bridgehead atoms. The third-order valence-corrected chi connectivity index (χ3v) is 7.02. The van der Waals surface area contributed by atoms with Gasteiger partial charge in [0.2, 0.25) is 0 Å². The van der Waals surface area contributed by atoms with Crippen molar-refractivity contribution >= 4 is 72.8 Å². The van der Waals surface area contributed by atoms with Crippen LogP contribution >= 0.6 is 72.8 Å². The minimum absolute atomic E-state index is 0. The molecule has 4 rings (SSSR count). The molecule has 0 aromatic heterocycles. The van der Waals surface area contributed by atoms with Gasteiger partial charge in [-0.3, -0.25) is 9.80 Å². The van der Waals surface area contributed by atoms with Gasteiger partial charge in [0.05, 0.1) is 0 Å². The molecule has 200 valence electrons. The highest BCUT2D eigenvalue weighted by Crippen LogP contribution is 2.14. The summed E-state index contributed by atoms with van der Waals surface area (Å²) >= 11 is 12.0. The lowest BCUT2D eigenvalue weighted by molar-refractivity contribution is 0.106. The Kier molecular flexibility index (Phi) is 18.3. The Labute approximate surface area is 245 Å². The zero-order valence-corrected chi connectivity index (χ0v) is 24.8. The first-order valence-electron chi connectivity index (χ1n) is 11.5. The number of nitrogens with zero attached hydrogens (tertiary/aromatic N) is 4. The lowest BCUT2D eigenvalue weighted by Crippen LogP contribution is -2.48. The summed E-state index contributed by atoms with van der Waals surface area (Å²) in [6.07, 6.45) is 1.27. The Bertz CT molecular complexity index is 725. The molecule has 0 aliphatic carbocycles. The summed E-state index contributed by atoms with van der Waals surface area (Å²) in [6, 6.07) is 16.5. The highest BCUT2D eigenvalue weighted by molar-refractivity contribution is 6.30. The van der Waals surface area contributed by atoms with Crippen molar-refractivity contribution in [3.63, 3.8) is 0 Å². The molecule has 0 atom stereocenters. The van der Waals surface area contributed by atoms with E-state index in [1.807, 2.05) is 24.3 Å². The quantitative estimate of drug-likeness (QED) is 0.365. The van der Waals surface area contributed by atoms with E-state index in [0.29, 0.717) is 0 Å². The average Bonchev–Trinajstić information content (AvgIpc) is 2.79. The summed E-state index contributed by atoms with van der Waals surface area (Å²) < 4.78 is 0. The molecule has 0 radical (unpaired) electrons. The molecule has 2 aliphatic heterocycles. The predicted molar refractivity (Wildman–Crippen MR) is 160 cm³/mol. The molecule has 2 aromatic rings. The Morgan fingerprint density at radius 1 is 0.457 bits per heavy atom. The van der Waals surface area contributed by atoms with Gasteiger partial charge >= 0.3 is 0 Å². The Morgan fingerprint density at radius 3 is 1.06 bits per heavy atom. The molecule has 35 heavy (non-hydrogen) atoms. The molecule has 2 aromatic carbocycles. The van der Waals surface area contributed by atoms with Crippen LogP contribution in [0.1, 0.15) is 17.5 Å². The molecule has 4 nitrogen and oxygen atoms in total. The highest BCUT2D eigenvalue weighted by atomic mass is 35.5. The summed E-state index contributed by atoms with van der Waals surface area (Å²) in [4.78, 5) is 10.4. The van der Waals surface area contributed by atoms with Crippen LogP contribution in [0.15, 0.2) is 48.5 Å². The summed E-state index contributed by atoms with van der Waals surface area (Å²) in [6.45, 7) is 13.9. The summed E-state index contributed by atoms with van der Waals surface area (Å²) in [5.74, 6) is 0. The Hall–Kier alpha value is 0.0200. The zero-order chi connectivity index (χ0) is 21.5. The zero-order valence-electron chi connectivity index (χ0n) is 20.0. The summed E-state index contributed by atoms with van der Waals surface area (Å²) in [5, 5.41) is 1.63. The van der Waals surface area contributed by atoms with Crippen LogP contribution in [0.3, 0.4) is 0 Å². The van der Waals surface area contributed by atoms with Gasteiger partial charge in [0.15, 0.2) is 0 Å². The third-order valence-electron chi connectivity index (χ3n) is 6.52. The van der Waals surface area contributed by atoms with E-state index in [9.17, 15) is 0 Å². The summed E-state index contributed by atoms with van der Waals surface area (Å²) in [7, 11) is 0. The largest absolute Gasteiger partial charge is 0.301 e. The van der Waals surface area contributed by atoms with Gasteiger partial charge in [0.1, 0.15) is 0 Å². The molecule has 2 fully saturated rings. The maximum atomic E-state index is 5.99. The molecule has 0 spiro atoms. The van der Waals surface area contributed by atoms with Gasteiger partial charge in [0, 0.05) is 75.5 Å². The normalized spacial score (nSPS) is 17.4. The Morgan fingerprint density at radius 2 is 0.743 bits per heavy atom. The van der Waals surface area contributed by atoms with E-state index in [-0.39, 0.29) is 49.6 Å². The molecule has 0 unspecified atom stereocenters. The van der Waals surface area contributed by atoms with Crippen LogP contribution < -0.4 is 0 Å². The maximum Gasteiger partial charge on any atom is 0.0406 e. The molecular weight excluding hydrogens is 569 g/mol. The van der Waals surface area contributed by atoms with Crippen LogP contribution in [0.25, 0.3) is 0 Å². The van der Waals surface area contributed by atoms with Gasteiger partial charge in [-0.15, -0.1) is 49.6 Å². The van der Waals surface area contributed by atoms with Crippen molar-refractivity contribution in [1.29, 1.82) is 0 Å². The van der Waals surface area contributed by atoms with E-state index in [1.165, 1.54) is 56.8 Å². The van der Waals surface area contributed by atoms with Crippen molar-refractivity contribution in [1.82, 2.24) is 19.6 Å². The molecule has 10 heteroatoms. The Balaban J connectivity index is 0.00000289. The minimum Gasteiger partial charge on any atom is -0.301 e. The van der Waals surface area contributed by atoms with Crippen LogP contribution in [0.5, 0.6) is 0 Å². The monoisotopic (exact) mass is 604 g/mol. The summed E-state index contributed by atoms with van der Waals surface area (Å²) in [5.41, 5.74) is 2.71. The predicted octanol–water partition coefficient (Wildman–Crippen LogP) is 6.01. The fraction of sp³-hybridized carbons (Fsp3) is 0.520. The molecule has 0 amide bonds. The lowest BCUT2D eigenvalue weighted by atomic mass is 10.2. The van der Waals surface area contributed by atoms with Crippen molar-refractivity contribution < 1.29 is 0 Å². The van der Waals surface area contributed by atoms with Gasteiger partial charge in [-0.2, -0.15) is 0 Å². The first kappa shape index (κ1) is 35.0. The van der Waals surface area contributed by atoms with E-state index < -0.39 is 0 Å². The number of hydrogen-bond donors (Lipinski definition) is 0. The van der Waals surface area contributed by atoms with Crippen LogP contribution in [-0.4, -0.2) is 85.0 Å². The van der Waals surface area contributed by atoms with Crippen LogP contribution in [0.2, 0.25) is 10.0 Å². The van der Waals surface area contributed by atoms with Gasteiger partial charge in [-0.1, -0.05) is 47.5 Å². The first-order valence-corrected chi connectivity index (χ1v) is 12.3. The van der Waals surface area contributed by atoms with Gasteiger partial charge in [0.25, 0.3) is 0 Å². The van der Waals surface area contributed by atoms with Gasteiger partial charge in [-0.25, -0.2) is 0 Å². The van der Waals surface area contributed by atoms with E-state index in [4.69, 9.17) is 23.2 Å². The molecule has 2 saturated heterocycles. The molecule has 0 saturated carbocycles. The smallest absolute Gasteiger partial charge is 0.0406 e. The molecular formula is C25H38Cl6N4. The van der Waals surface area contributed by atoms with Crippen molar-refractivity contribution in [2.45, 2.75) is 19.5 Å². The van der Waals surface area contributed by atoms with Crippen LogP contribution in [-0.2, 0) is 13.1 Å². The third kappa shape index (κ3) is 12.0. The number of rotatable bonds is 8. The number of piperazine rings is 2. The van der Waals surface area contributed by atoms with Crippen molar-refractivity contribution in [2.75, 3.05) is 65.4 Å². The van der Waals surface area contributed by atoms with Crippen molar-refractivity contribution in [3.8, 4) is 0 Å². The van der Waals surface area contributed by atoms with Crippen molar-refractivity contribution in [3.05, 3.63) is 69.7 Å². The SMILES string of the molecule is Cl.Cl.Cl.Cl.Clc1ccc(CN2CCN(CCCN3CCN(Cc4ccc(Cl)cc4)CC3)CC2)cc1.